The Balaban J connectivity index is 2.13. The SMILES string of the molecule is COc1cc(C)c(NC(=O)C2CCCO2)cc1C. The van der Waals surface area contributed by atoms with Crippen LogP contribution >= 0.6 is 0 Å². The Morgan fingerprint density at radius 1 is 1.39 bits per heavy atom. The Bertz CT molecular complexity index is 451. The summed E-state index contributed by atoms with van der Waals surface area (Å²) < 4.78 is 10.6. The number of hydrogen-bond donors (Lipinski definition) is 1. The van der Waals surface area contributed by atoms with E-state index in [0.29, 0.717) is 6.61 Å². The molecule has 1 aliphatic rings. The monoisotopic (exact) mass is 249 g/mol. The molecule has 1 fully saturated rings. The van der Waals surface area contributed by atoms with Crippen molar-refractivity contribution in [3.63, 3.8) is 0 Å². The van der Waals surface area contributed by atoms with Gasteiger partial charge in [0, 0.05) is 12.3 Å². The van der Waals surface area contributed by atoms with Crippen LogP contribution in [0.1, 0.15) is 24.0 Å². The fraction of sp³-hybridized carbons (Fsp3) is 0.500. The first-order valence-corrected chi connectivity index (χ1v) is 6.19. The van der Waals surface area contributed by atoms with Gasteiger partial charge in [-0.2, -0.15) is 0 Å². The van der Waals surface area contributed by atoms with Crippen molar-refractivity contribution in [1.29, 1.82) is 0 Å². The van der Waals surface area contributed by atoms with Crippen LogP contribution in [0, 0.1) is 13.8 Å². The van der Waals surface area contributed by atoms with Crippen LogP contribution in [0.2, 0.25) is 0 Å². The number of hydrogen-bond acceptors (Lipinski definition) is 3. The molecular weight excluding hydrogens is 230 g/mol. The number of nitrogens with one attached hydrogen (secondary N) is 1. The molecule has 0 aromatic heterocycles. The lowest BCUT2D eigenvalue weighted by molar-refractivity contribution is -0.124. The molecule has 2 rings (SSSR count). The van der Waals surface area contributed by atoms with Gasteiger partial charge in [-0.05, 0) is 49.9 Å². The number of carbonyl (C=O) groups is 1. The Morgan fingerprint density at radius 3 is 2.78 bits per heavy atom. The van der Waals surface area contributed by atoms with Gasteiger partial charge in [0.2, 0.25) is 0 Å². The van der Waals surface area contributed by atoms with Crippen LogP contribution < -0.4 is 10.1 Å². The second kappa shape index (κ2) is 5.40. The molecule has 4 nitrogen and oxygen atoms in total. The Kier molecular flexibility index (Phi) is 3.87. The van der Waals surface area contributed by atoms with E-state index in [1.54, 1.807) is 7.11 Å². The minimum atomic E-state index is -0.299. The van der Waals surface area contributed by atoms with E-state index < -0.39 is 0 Å². The van der Waals surface area contributed by atoms with Gasteiger partial charge in [-0.25, -0.2) is 0 Å². The van der Waals surface area contributed by atoms with Crippen molar-refractivity contribution in [2.75, 3.05) is 19.0 Å². The number of methoxy groups -OCH3 is 1. The Labute approximate surface area is 107 Å². The Morgan fingerprint density at radius 2 is 2.17 bits per heavy atom. The van der Waals surface area contributed by atoms with Gasteiger partial charge in [0.25, 0.3) is 5.91 Å². The van der Waals surface area contributed by atoms with E-state index in [-0.39, 0.29) is 12.0 Å². The standard InChI is InChI=1S/C14H19NO3/c1-9-8-13(17-3)10(2)7-11(9)15-14(16)12-5-4-6-18-12/h7-8,12H,4-6H2,1-3H3,(H,15,16). The summed E-state index contributed by atoms with van der Waals surface area (Å²) in [7, 11) is 1.65. The summed E-state index contributed by atoms with van der Waals surface area (Å²) in [5.41, 5.74) is 2.82. The van der Waals surface area contributed by atoms with Crippen LogP contribution in [-0.2, 0) is 9.53 Å². The highest BCUT2D eigenvalue weighted by atomic mass is 16.5. The number of rotatable bonds is 3. The van der Waals surface area contributed by atoms with Crippen molar-refractivity contribution in [3.05, 3.63) is 23.3 Å². The zero-order valence-corrected chi connectivity index (χ0v) is 11.1. The highest BCUT2D eigenvalue weighted by molar-refractivity contribution is 5.95. The molecule has 4 heteroatoms. The molecule has 1 aromatic carbocycles. The first-order chi connectivity index (χ1) is 8.61. The van der Waals surface area contributed by atoms with Crippen molar-refractivity contribution in [1.82, 2.24) is 0 Å². The number of carbonyl (C=O) groups excluding carboxylic acids is 1. The highest BCUT2D eigenvalue weighted by Crippen LogP contribution is 2.26. The minimum absolute atomic E-state index is 0.0554. The average molecular weight is 249 g/mol. The lowest BCUT2D eigenvalue weighted by Crippen LogP contribution is -2.27. The van der Waals surface area contributed by atoms with Gasteiger partial charge in [-0.1, -0.05) is 0 Å². The average Bonchev–Trinajstić information content (AvgIpc) is 2.87. The largest absolute Gasteiger partial charge is 0.496 e. The van der Waals surface area contributed by atoms with E-state index in [1.165, 1.54) is 0 Å². The molecule has 18 heavy (non-hydrogen) atoms. The summed E-state index contributed by atoms with van der Waals surface area (Å²) in [6.07, 6.45) is 1.46. The first kappa shape index (κ1) is 12.9. The molecule has 1 heterocycles. The topological polar surface area (TPSA) is 47.6 Å². The van der Waals surface area contributed by atoms with Gasteiger partial charge in [0.1, 0.15) is 11.9 Å². The van der Waals surface area contributed by atoms with Gasteiger partial charge in [-0.3, -0.25) is 4.79 Å². The molecule has 0 spiro atoms. The van der Waals surface area contributed by atoms with Crippen molar-refractivity contribution in [3.8, 4) is 5.75 Å². The van der Waals surface area contributed by atoms with E-state index in [9.17, 15) is 4.79 Å². The molecule has 0 radical (unpaired) electrons. The van der Waals surface area contributed by atoms with Gasteiger partial charge in [-0.15, -0.1) is 0 Å². The third-order valence-corrected chi connectivity index (χ3v) is 3.22. The lowest BCUT2D eigenvalue weighted by atomic mass is 10.1. The van der Waals surface area contributed by atoms with E-state index >= 15 is 0 Å². The maximum absolute atomic E-state index is 12.0. The second-order valence-electron chi connectivity index (χ2n) is 4.63. The van der Waals surface area contributed by atoms with Gasteiger partial charge in [0.05, 0.1) is 7.11 Å². The predicted molar refractivity (Wildman–Crippen MR) is 70.1 cm³/mol. The summed E-state index contributed by atoms with van der Waals surface area (Å²) >= 11 is 0. The van der Waals surface area contributed by atoms with E-state index in [1.807, 2.05) is 26.0 Å². The quantitative estimate of drug-likeness (QED) is 0.895. The fourth-order valence-electron chi connectivity index (χ4n) is 2.14. The predicted octanol–water partition coefficient (Wildman–Crippen LogP) is 2.43. The van der Waals surface area contributed by atoms with Crippen molar-refractivity contribution < 1.29 is 14.3 Å². The molecule has 1 unspecified atom stereocenters. The number of ether oxygens (including phenoxy) is 2. The molecular formula is C14H19NO3. The van der Waals surface area contributed by atoms with E-state index in [2.05, 4.69) is 5.32 Å². The summed E-state index contributed by atoms with van der Waals surface area (Å²) in [4.78, 5) is 12.0. The molecule has 98 valence electrons. The maximum Gasteiger partial charge on any atom is 0.253 e. The minimum Gasteiger partial charge on any atom is -0.496 e. The number of amides is 1. The summed E-state index contributed by atoms with van der Waals surface area (Å²) in [5, 5.41) is 2.92. The summed E-state index contributed by atoms with van der Waals surface area (Å²) in [5.74, 6) is 0.780. The van der Waals surface area contributed by atoms with E-state index in [4.69, 9.17) is 9.47 Å². The third-order valence-electron chi connectivity index (χ3n) is 3.22. The molecule has 1 N–H and O–H groups in total. The van der Waals surface area contributed by atoms with Gasteiger partial charge < -0.3 is 14.8 Å². The smallest absolute Gasteiger partial charge is 0.253 e. The van der Waals surface area contributed by atoms with Crippen LogP contribution in [0.15, 0.2) is 12.1 Å². The van der Waals surface area contributed by atoms with Crippen molar-refractivity contribution >= 4 is 11.6 Å². The zero-order valence-electron chi connectivity index (χ0n) is 11.1. The van der Waals surface area contributed by atoms with Crippen LogP contribution in [-0.4, -0.2) is 25.7 Å². The highest BCUT2D eigenvalue weighted by Gasteiger charge is 2.24. The third kappa shape index (κ3) is 2.64. The molecule has 1 aliphatic heterocycles. The number of benzene rings is 1. The van der Waals surface area contributed by atoms with Crippen LogP contribution in [0.25, 0.3) is 0 Å². The molecule has 0 bridgehead atoms. The maximum atomic E-state index is 12.0. The molecule has 1 amide bonds. The number of aryl methyl sites for hydroxylation is 2. The second-order valence-corrected chi connectivity index (χ2v) is 4.63. The van der Waals surface area contributed by atoms with E-state index in [0.717, 1.165) is 35.4 Å². The fourth-order valence-corrected chi connectivity index (χ4v) is 2.14. The molecule has 0 aliphatic carbocycles. The molecule has 1 aromatic rings. The molecule has 0 saturated carbocycles. The zero-order chi connectivity index (χ0) is 13.1. The van der Waals surface area contributed by atoms with Crippen LogP contribution in [0.5, 0.6) is 5.75 Å². The van der Waals surface area contributed by atoms with Crippen LogP contribution in [0.4, 0.5) is 5.69 Å². The normalized spacial score (nSPS) is 18.7. The summed E-state index contributed by atoms with van der Waals surface area (Å²) in [6.45, 7) is 4.59. The lowest BCUT2D eigenvalue weighted by Gasteiger charge is -2.14. The summed E-state index contributed by atoms with van der Waals surface area (Å²) in [6, 6.07) is 3.86. The molecule has 1 saturated heterocycles. The first-order valence-electron chi connectivity index (χ1n) is 6.19. The molecule has 1 atom stereocenters. The van der Waals surface area contributed by atoms with Crippen molar-refractivity contribution in [2.24, 2.45) is 0 Å². The number of anilines is 1. The Hall–Kier alpha value is -1.55. The van der Waals surface area contributed by atoms with Crippen LogP contribution in [0.3, 0.4) is 0 Å². The van der Waals surface area contributed by atoms with Gasteiger partial charge >= 0.3 is 0 Å². The van der Waals surface area contributed by atoms with Gasteiger partial charge in [0.15, 0.2) is 0 Å². The van der Waals surface area contributed by atoms with Crippen molar-refractivity contribution in [2.45, 2.75) is 32.8 Å².